The van der Waals surface area contributed by atoms with Crippen LogP contribution in [0.4, 0.5) is 0 Å². The van der Waals surface area contributed by atoms with Gasteiger partial charge in [0.25, 0.3) is 0 Å². The first-order valence-corrected chi connectivity index (χ1v) is 14.4. The Morgan fingerprint density at radius 3 is 1.79 bits per heavy atom. The van der Waals surface area contributed by atoms with Gasteiger partial charge in [0.2, 0.25) is 0 Å². The maximum Gasteiger partial charge on any atom is 0.500 e. The molecule has 0 aliphatic rings. The molecule has 0 rings (SSSR count). The highest BCUT2D eigenvalue weighted by atomic mass is 28.4. The lowest BCUT2D eigenvalue weighted by molar-refractivity contribution is 0.0352. The first kappa shape index (κ1) is 29.1. The molecule has 0 aromatic heterocycles. The lowest BCUT2D eigenvalue weighted by Gasteiger charge is -2.28. The van der Waals surface area contributed by atoms with Gasteiger partial charge in [0.1, 0.15) is 0 Å². The Balaban J connectivity index is 3.94. The van der Waals surface area contributed by atoms with Crippen molar-refractivity contribution in [2.75, 3.05) is 67.5 Å². The van der Waals surface area contributed by atoms with Gasteiger partial charge in [-0.15, -0.1) is 0 Å². The van der Waals surface area contributed by atoms with Crippen molar-refractivity contribution in [1.82, 2.24) is 5.32 Å². The molecule has 0 radical (unpaired) electrons. The van der Waals surface area contributed by atoms with Crippen molar-refractivity contribution in [2.24, 2.45) is 0 Å². The van der Waals surface area contributed by atoms with Gasteiger partial charge >= 0.3 is 17.6 Å². The van der Waals surface area contributed by atoms with E-state index in [4.69, 9.17) is 31.3 Å². The second kappa shape index (κ2) is 17.7. The Hall–Kier alpha value is 0.0738. The quantitative estimate of drug-likeness (QED) is 0.197. The summed E-state index contributed by atoms with van der Waals surface area (Å²) in [5.74, 6) is 0. The highest BCUT2D eigenvalue weighted by Crippen LogP contribution is 2.18. The molecule has 0 aliphatic carbocycles. The standard InChI is InChI=1S/C18H43NO8Si2/c1-7-25-29(26-8-2,27-9-3)14-10-12-19-16-18(20)17-24-13-11-15-28(21-4,22-5)23-6/h18-20H,7-17H2,1-6H3. The van der Waals surface area contributed by atoms with Crippen LogP contribution in [0.2, 0.25) is 12.1 Å². The fraction of sp³-hybridized carbons (Fsp3) is 1.00. The Kier molecular flexibility index (Phi) is 17.8. The van der Waals surface area contributed by atoms with Crippen LogP contribution in [0.1, 0.15) is 33.6 Å². The summed E-state index contributed by atoms with van der Waals surface area (Å²) in [4.78, 5) is 0. The fourth-order valence-corrected chi connectivity index (χ4v) is 7.23. The van der Waals surface area contributed by atoms with Crippen molar-refractivity contribution in [3.05, 3.63) is 0 Å². The number of aliphatic hydroxyl groups excluding tert-OH is 1. The number of hydrogen-bond donors (Lipinski definition) is 2. The van der Waals surface area contributed by atoms with E-state index in [0.29, 0.717) is 39.0 Å². The molecule has 1 unspecified atom stereocenters. The Morgan fingerprint density at radius 1 is 0.793 bits per heavy atom. The predicted octanol–water partition coefficient (Wildman–Crippen LogP) is 1.66. The van der Waals surface area contributed by atoms with E-state index < -0.39 is 23.7 Å². The van der Waals surface area contributed by atoms with Crippen molar-refractivity contribution in [3.8, 4) is 0 Å². The van der Waals surface area contributed by atoms with Crippen LogP contribution in [0, 0.1) is 0 Å². The van der Waals surface area contributed by atoms with Crippen LogP contribution in [0.25, 0.3) is 0 Å². The van der Waals surface area contributed by atoms with E-state index >= 15 is 0 Å². The van der Waals surface area contributed by atoms with Gasteiger partial charge in [-0.3, -0.25) is 0 Å². The molecule has 0 aromatic rings. The van der Waals surface area contributed by atoms with Gasteiger partial charge in [0, 0.05) is 66.4 Å². The molecule has 176 valence electrons. The van der Waals surface area contributed by atoms with Gasteiger partial charge in [-0.05, 0) is 40.2 Å². The third kappa shape index (κ3) is 12.5. The molecule has 11 heteroatoms. The van der Waals surface area contributed by atoms with Crippen LogP contribution in [0.5, 0.6) is 0 Å². The van der Waals surface area contributed by atoms with E-state index in [1.807, 2.05) is 20.8 Å². The second-order valence-corrected chi connectivity index (χ2v) is 12.2. The molecule has 0 aliphatic heterocycles. The fourth-order valence-electron chi connectivity index (χ4n) is 2.93. The van der Waals surface area contributed by atoms with Crippen molar-refractivity contribution in [3.63, 3.8) is 0 Å². The van der Waals surface area contributed by atoms with E-state index in [1.54, 1.807) is 21.3 Å². The topological polar surface area (TPSA) is 96.9 Å². The third-order valence-corrected chi connectivity index (χ3v) is 10.3. The molecule has 9 nitrogen and oxygen atoms in total. The number of hydrogen-bond acceptors (Lipinski definition) is 9. The van der Waals surface area contributed by atoms with Gasteiger partial charge < -0.3 is 41.7 Å². The summed E-state index contributed by atoms with van der Waals surface area (Å²) >= 11 is 0. The minimum absolute atomic E-state index is 0.282. The molecule has 0 amide bonds. The Labute approximate surface area is 179 Å². The molecule has 0 bridgehead atoms. The average molecular weight is 458 g/mol. The van der Waals surface area contributed by atoms with Gasteiger partial charge in [-0.2, -0.15) is 0 Å². The minimum Gasteiger partial charge on any atom is -0.389 e. The Morgan fingerprint density at radius 2 is 1.31 bits per heavy atom. The monoisotopic (exact) mass is 457 g/mol. The first-order chi connectivity index (χ1) is 14.0. The predicted molar refractivity (Wildman–Crippen MR) is 116 cm³/mol. The number of nitrogens with one attached hydrogen (secondary N) is 1. The molecular formula is C18H43NO8Si2. The molecule has 0 fully saturated rings. The normalized spacial score (nSPS) is 13.8. The van der Waals surface area contributed by atoms with Crippen LogP contribution in [0.3, 0.4) is 0 Å². The summed E-state index contributed by atoms with van der Waals surface area (Å²) in [6.45, 7) is 9.64. The number of rotatable bonds is 21. The molecule has 29 heavy (non-hydrogen) atoms. The van der Waals surface area contributed by atoms with E-state index in [1.165, 1.54) is 0 Å². The van der Waals surface area contributed by atoms with Gasteiger partial charge in [-0.25, -0.2) is 0 Å². The summed E-state index contributed by atoms with van der Waals surface area (Å²) in [5.41, 5.74) is 0. The van der Waals surface area contributed by atoms with Crippen LogP contribution in [-0.2, 0) is 31.3 Å². The zero-order valence-electron chi connectivity index (χ0n) is 19.2. The molecule has 0 saturated carbocycles. The summed E-state index contributed by atoms with van der Waals surface area (Å²) in [5, 5.41) is 13.3. The Bertz CT molecular complexity index is 352. The minimum atomic E-state index is -2.58. The molecule has 2 N–H and O–H groups in total. The van der Waals surface area contributed by atoms with Crippen molar-refractivity contribution in [1.29, 1.82) is 0 Å². The maximum absolute atomic E-state index is 10.0. The van der Waals surface area contributed by atoms with Crippen LogP contribution in [0.15, 0.2) is 0 Å². The van der Waals surface area contributed by atoms with Crippen molar-refractivity contribution in [2.45, 2.75) is 51.8 Å². The molecule has 0 spiro atoms. The summed E-state index contributed by atoms with van der Waals surface area (Å²) in [6, 6.07) is 1.43. The van der Waals surface area contributed by atoms with E-state index in [2.05, 4.69) is 5.32 Å². The smallest absolute Gasteiger partial charge is 0.389 e. The maximum atomic E-state index is 10.0. The average Bonchev–Trinajstić information content (AvgIpc) is 2.71. The summed E-state index contributed by atoms with van der Waals surface area (Å²) in [7, 11) is -0.334. The van der Waals surface area contributed by atoms with Crippen LogP contribution >= 0.6 is 0 Å². The van der Waals surface area contributed by atoms with Crippen molar-refractivity contribution >= 4 is 17.6 Å². The molecular weight excluding hydrogens is 414 g/mol. The zero-order chi connectivity index (χ0) is 22.0. The SMILES string of the molecule is CCO[Si](CCCNCC(O)COCCC[Si](OC)(OC)OC)(OCC)OCC. The van der Waals surface area contributed by atoms with Gasteiger partial charge in [-0.1, -0.05) is 0 Å². The third-order valence-electron chi connectivity index (χ3n) is 4.32. The number of aliphatic hydroxyl groups is 1. The lowest BCUT2D eigenvalue weighted by Crippen LogP contribution is -2.46. The van der Waals surface area contributed by atoms with Crippen LogP contribution in [-0.4, -0.2) is 96.3 Å². The zero-order valence-corrected chi connectivity index (χ0v) is 21.2. The second-order valence-electron chi connectivity index (χ2n) is 6.42. The van der Waals surface area contributed by atoms with E-state index in [9.17, 15) is 5.11 Å². The largest absolute Gasteiger partial charge is 0.500 e. The highest BCUT2D eigenvalue weighted by molar-refractivity contribution is 6.61. The van der Waals surface area contributed by atoms with E-state index in [-0.39, 0.29) is 6.61 Å². The van der Waals surface area contributed by atoms with E-state index in [0.717, 1.165) is 25.4 Å². The highest BCUT2D eigenvalue weighted by Gasteiger charge is 2.39. The van der Waals surface area contributed by atoms with Crippen molar-refractivity contribution < 1.29 is 36.4 Å². The molecule has 0 saturated heterocycles. The molecule has 0 heterocycles. The molecule has 0 aromatic carbocycles. The lowest BCUT2D eigenvalue weighted by atomic mass is 10.3. The summed E-state index contributed by atoms with van der Waals surface area (Å²) in [6.07, 6.45) is 1.05. The first-order valence-electron chi connectivity index (χ1n) is 10.5. The number of ether oxygens (including phenoxy) is 1. The van der Waals surface area contributed by atoms with Crippen LogP contribution < -0.4 is 5.32 Å². The molecule has 1 atom stereocenters. The van der Waals surface area contributed by atoms with Gasteiger partial charge in [0.15, 0.2) is 0 Å². The van der Waals surface area contributed by atoms with Gasteiger partial charge in [0.05, 0.1) is 12.7 Å². The summed E-state index contributed by atoms with van der Waals surface area (Å²) < 4.78 is 39.1.